The number of urea groups is 1. The quantitative estimate of drug-likeness (QED) is 0.802. The average Bonchev–Trinajstić information content (AvgIpc) is 3.09. The summed E-state index contributed by atoms with van der Waals surface area (Å²) in [5.74, 6) is 0.634. The van der Waals surface area contributed by atoms with Crippen molar-refractivity contribution in [2.75, 3.05) is 0 Å². The molecule has 1 atom stereocenters. The lowest BCUT2D eigenvalue weighted by Crippen LogP contribution is -2.45. The Bertz CT molecular complexity index is 499. The number of hydrogen-bond donors (Lipinski definition) is 2. The van der Waals surface area contributed by atoms with Crippen LogP contribution < -0.4 is 10.6 Å². The van der Waals surface area contributed by atoms with E-state index in [-0.39, 0.29) is 11.9 Å². The Labute approximate surface area is 121 Å². The number of aromatic nitrogens is 2. The van der Waals surface area contributed by atoms with Gasteiger partial charge in [0.1, 0.15) is 0 Å². The van der Waals surface area contributed by atoms with E-state index in [0.29, 0.717) is 17.0 Å². The summed E-state index contributed by atoms with van der Waals surface area (Å²) in [5.41, 5.74) is 0. The molecule has 110 valence electrons. The van der Waals surface area contributed by atoms with E-state index >= 15 is 0 Å². The highest BCUT2D eigenvalue weighted by Gasteiger charge is 2.30. The molecule has 0 unspecified atom stereocenters. The van der Waals surface area contributed by atoms with Gasteiger partial charge >= 0.3 is 6.03 Å². The Balaban J connectivity index is 1.81. The second-order valence-electron chi connectivity index (χ2n) is 5.06. The molecule has 0 saturated heterocycles. The van der Waals surface area contributed by atoms with Crippen LogP contribution in [0.15, 0.2) is 9.64 Å². The van der Waals surface area contributed by atoms with Crippen molar-refractivity contribution in [3.8, 4) is 0 Å². The predicted octanol–water partition coefficient (Wildman–Crippen LogP) is 1.66. The molecule has 1 aromatic heterocycles. The third-order valence-corrected chi connectivity index (χ3v) is 3.59. The highest BCUT2D eigenvalue weighted by Crippen LogP contribution is 2.40. The number of carbonyl (C=O) groups excluding carboxylic acids is 2. The molecular weight excluding hydrogens is 280 g/mol. The largest absolute Gasteiger partial charge is 0.416 e. The Morgan fingerprint density at radius 3 is 2.60 bits per heavy atom. The van der Waals surface area contributed by atoms with Crippen LogP contribution in [0.2, 0.25) is 0 Å². The van der Waals surface area contributed by atoms with E-state index in [4.69, 9.17) is 4.42 Å². The molecule has 8 heteroatoms. The van der Waals surface area contributed by atoms with Crippen molar-refractivity contribution in [1.82, 2.24) is 20.8 Å². The van der Waals surface area contributed by atoms with Gasteiger partial charge in [0.15, 0.2) is 0 Å². The zero-order valence-electron chi connectivity index (χ0n) is 11.7. The van der Waals surface area contributed by atoms with Crippen LogP contribution in [0, 0.1) is 0 Å². The molecule has 0 spiro atoms. The molecule has 3 amide bonds. The first kappa shape index (κ1) is 14.8. The maximum atomic E-state index is 11.8. The summed E-state index contributed by atoms with van der Waals surface area (Å²) in [5, 5.41) is 12.6. The van der Waals surface area contributed by atoms with Crippen molar-refractivity contribution in [1.29, 1.82) is 0 Å². The van der Waals surface area contributed by atoms with Crippen molar-refractivity contribution < 1.29 is 14.0 Å². The van der Waals surface area contributed by atoms with Crippen LogP contribution in [-0.4, -0.2) is 33.4 Å². The molecule has 20 heavy (non-hydrogen) atoms. The topological polar surface area (TPSA) is 97.1 Å². The molecule has 0 aromatic carbocycles. The molecule has 1 aliphatic carbocycles. The van der Waals surface area contributed by atoms with Crippen molar-refractivity contribution in [2.24, 2.45) is 0 Å². The molecule has 1 heterocycles. The van der Waals surface area contributed by atoms with Crippen LogP contribution >= 0.6 is 11.8 Å². The minimum Gasteiger partial charge on any atom is -0.416 e. The number of hydrogen-bond acceptors (Lipinski definition) is 6. The van der Waals surface area contributed by atoms with Gasteiger partial charge in [0.2, 0.25) is 11.8 Å². The summed E-state index contributed by atoms with van der Waals surface area (Å²) in [7, 11) is 0. The van der Waals surface area contributed by atoms with E-state index in [1.165, 1.54) is 0 Å². The number of nitrogens with one attached hydrogen (secondary N) is 2. The summed E-state index contributed by atoms with van der Waals surface area (Å²) in [6.07, 6.45) is 2.16. The van der Waals surface area contributed by atoms with Crippen LogP contribution in [0.25, 0.3) is 0 Å². The molecule has 0 aliphatic heterocycles. The lowest BCUT2D eigenvalue weighted by atomic mass is 10.4. The first-order valence-electron chi connectivity index (χ1n) is 6.57. The van der Waals surface area contributed by atoms with Crippen molar-refractivity contribution >= 4 is 23.7 Å². The van der Waals surface area contributed by atoms with Gasteiger partial charge in [-0.15, -0.1) is 10.2 Å². The van der Waals surface area contributed by atoms with Gasteiger partial charge in [0.05, 0.1) is 5.25 Å². The van der Waals surface area contributed by atoms with Crippen LogP contribution in [-0.2, 0) is 4.79 Å². The van der Waals surface area contributed by atoms with E-state index < -0.39 is 11.3 Å². The van der Waals surface area contributed by atoms with Crippen LogP contribution in [0.5, 0.6) is 0 Å². The van der Waals surface area contributed by atoms with Gasteiger partial charge in [-0.05, 0) is 33.6 Å². The van der Waals surface area contributed by atoms with Crippen LogP contribution in [0.3, 0.4) is 0 Å². The van der Waals surface area contributed by atoms with Gasteiger partial charge in [-0.3, -0.25) is 10.1 Å². The van der Waals surface area contributed by atoms with E-state index in [9.17, 15) is 9.59 Å². The highest BCUT2D eigenvalue weighted by molar-refractivity contribution is 8.00. The maximum absolute atomic E-state index is 11.8. The van der Waals surface area contributed by atoms with Gasteiger partial charge < -0.3 is 9.73 Å². The number of nitrogens with zero attached hydrogens (tertiary/aromatic N) is 2. The summed E-state index contributed by atoms with van der Waals surface area (Å²) in [4.78, 5) is 23.2. The first-order valence-corrected chi connectivity index (χ1v) is 7.45. The van der Waals surface area contributed by atoms with E-state index in [2.05, 4.69) is 20.8 Å². The minimum absolute atomic E-state index is 0.0252. The average molecular weight is 298 g/mol. The first-order chi connectivity index (χ1) is 9.45. The Kier molecular flexibility index (Phi) is 4.64. The monoisotopic (exact) mass is 298 g/mol. The molecule has 2 rings (SSSR count). The Hall–Kier alpha value is -1.57. The van der Waals surface area contributed by atoms with E-state index in [1.807, 2.05) is 13.8 Å². The number of thioether (sulfide) groups is 1. The summed E-state index contributed by atoms with van der Waals surface area (Å²) >= 11 is 1.15. The van der Waals surface area contributed by atoms with Gasteiger partial charge in [0, 0.05) is 12.0 Å². The van der Waals surface area contributed by atoms with Gasteiger partial charge in [-0.1, -0.05) is 11.8 Å². The van der Waals surface area contributed by atoms with Crippen molar-refractivity contribution in [2.45, 2.75) is 56.0 Å². The molecule has 1 aromatic rings. The molecule has 1 fully saturated rings. The van der Waals surface area contributed by atoms with E-state index in [0.717, 1.165) is 24.6 Å². The number of carbonyl (C=O) groups is 2. The fourth-order valence-electron chi connectivity index (χ4n) is 1.48. The normalized spacial score (nSPS) is 16.0. The molecule has 1 saturated carbocycles. The third-order valence-electron chi connectivity index (χ3n) is 2.65. The SMILES string of the molecule is CC(C)NC(=O)NC(=O)[C@H](C)Sc1nnc(C2CC2)o1. The standard InChI is InChI=1S/C12H18N4O3S/c1-6(2)13-11(18)14-9(17)7(3)20-12-16-15-10(19-12)8-4-5-8/h6-8H,4-5H2,1-3H3,(H2,13,14,17,18)/t7-/m0/s1. The number of rotatable bonds is 5. The minimum atomic E-state index is -0.498. The predicted molar refractivity (Wildman–Crippen MR) is 73.4 cm³/mol. The zero-order chi connectivity index (χ0) is 14.7. The van der Waals surface area contributed by atoms with Crippen LogP contribution in [0.4, 0.5) is 4.79 Å². The molecular formula is C12H18N4O3S. The number of amides is 3. The fraction of sp³-hybridized carbons (Fsp3) is 0.667. The molecule has 2 N–H and O–H groups in total. The van der Waals surface area contributed by atoms with Gasteiger partial charge in [-0.25, -0.2) is 4.79 Å². The summed E-state index contributed by atoms with van der Waals surface area (Å²) < 4.78 is 5.46. The molecule has 7 nitrogen and oxygen atoms in total. The molecule has 0 radical (unpaired) electrons. The van der Waals surface area contributed by atoms with Gasteiger partial charge in [0.25, 0.3) is 5.22 Å². The fourth-order valence-corrected chi connectivity index (χ4v) is 2.17. The Morgan fingerprint density at radius 2 is 2.00 bits per heavy atom. The zero-order valence-corrected chi connectivity index (χ0v) is 12.5. The summed E-state index contributed by atoms with van der Waals surface area (Å²) in [6, 6.07) is -0.524. The number of imide groups is 1. The Morgan fingerprint density at radius 1 is 1.30 bits per heavy atom. The third kappa shape index (κ3) is 4.22. The highest BCUT2D eigenvalue weighted by atomic mass is 32.2. The lowest BCUT2D eigenvalue weighted by Gasteiger charge is -2.11. The summed E-state index contributed by atoms with van der Waals surface area (Å²) in [6.45, 7) is 5.32. The second-order valence-corrected chi connectivity index (χ2v) is 6.35. The smallest absolute Gasteiger partial charge is 0.321 e. The molecule has 1 aliphatic rings. The van der Waals surface area contributed by atoms with Gasteiger partial charge in [-0.2, -0.15) is 0 Å². The maximum Gasteiger partial charge on any atom is 0.321 e. The van der Waals surface area contributed by atoms with Crippen molar-refractivity contribution in [3.63, 3.8) is 0 Å². The second kappa shape index (κ2) is 6.25. The lowest BCUT2D eigenvalue weighted by molar-refractivity contribution is -0.119. The molecule has 0 bridgehead atoms. The van der Waals surface area contributed by atoms with E-state index in [1.54, 1.807) is 6.92 Å². The van der Waals surface area contributed by atoms with Crippen molar-refractivity contribution in [3.05, 3.63) is 5.89 Å². The van der Waals surface area contributed by atoms with Crippen LogP contribution in [0.1, 0.15) is 45.4 Å².